The van der Waals surface area contributed by atoms with Gasteiger partial charge in [0.2, 0.25) is 5.91 Å². The summed E-state index contributed by atoms with van der Waals surface area (Å²) in [5.41, 5.74) is 3.70. The molecule has 0 aliphatic carbocycles. The third kappa shape index (κ3) is 4.92. The first-order valence-corrected chi connectivity index (χ1v) is 14.2. The summed E-state index contributed by atoms with van der Waals surface area (Å²) in [6.07, 6.45) is 0.847. The monoisotopic (exact) mass is 521 g/mol. The topological polar surface area (TPSA) is 64.0 Å². The van der Waals surface area contributed by atoms with E-state index in [2.05, 4.69) is 19.2 Å². The molecule has 5 rings (SSSR count). The van der Waals surface area contributed by atoms with Gasteiger partial charge < -0.3 is 5.32 Å². The Hall–Kier alpha value is -2.55. The fourth-order valence-electron chi connectivity index (χ4n) is 4.15. The van der Waals surface area contributed by atoms with Gasteiger partial charge in [-0.1, -0.05) is 61.5 Å². The summed E-state index contributed by atoms with van der Waals surface area (Å²) in [7, 11) is 0. The zero-order valence-electron chi connectivity index (χ0n) is 20.1. The first kappa shape index (κ1) is 24.2. The number of hydrogen-bond acceptors (Lipinski definition) is 6. The summed E-state index contributed by atoms with van der Waals surface area (Å²) >= 11 is 4.85. The van der Waals surface area contributed by atoms with E-state index in [9.17, 15) is 9.59 Å². The van der Waals surface area contributed by atoms with Crippen molar-refractivity contribution in [2.24, 2.45) is 0 Å². The van der Waals surface area contributed by atoms with E-state index in [0.29, 0.717) is 5.16 Å². The third-order valence-electron chi connectivity index (χ3n) is 6.06. The smallest absolute Gasteiger partial charge is 0.267 e. The number of amides is 1. The van der Waals surface area contributed by atoms with Gasteiger partial charge in [0.25, 0.3) is 5.56 Å². The number of rotatable bonds is 5. The average molecular weight is 522 g/mol. The summed E-state index contributed by atoms with van der Waals surface area (Å²) in [6, 6.07) is 17.3. The molecule has 0 saturated carbocycles. The van der Waals surface area contributed by atoms with E-state index in [1.165, 1.54) is 16.6 Å². The van der Waals surface area contributed by atoms with Crippen molar-refractivity contribution >= 4 is 56.7 Å². The van der Waals surface area contributed by atoms with Crippen molar-refractivity contribution in [2.75, 3.05) is 5.32 Å². The van der Waals surface area contributed by atoms with Gasteiger partial charge in [-0.3, -0.25) is 14.2 Å². The van der Waals surface area contributed by atoms with Crippen molar-refractivity contribution in [3.63, 3.8) is 0 Å². The maximum atomic E-state index is 14.0. The lowest BCUT2D eigenvalue weighted by atomic mass is 10.00. The van der Waals surface area contributed by atoms with Crippen LogP contribution in [0, 0.1) is 6.92 Å². The highest BCUT2D eigenvalue weighted by Gasteiger charge is 2.31. The highest BCUT2D eigenvalue weighted by molar-refractivity contribution is 8.00. The van der Waals surface area contributed by atoms with Crippen LogP contribution >= 0.6 is 34.9 Å². The molecule has 1 aliphatic heterocycles. The van der Waals surface area contributed by atoms with Gasteiger partial charge in [-0.25, -0.2) is 4.98 Å². The molecule has 3 heterocycles. The van der Waals surface area contributed by atoms with Crippen LogP contribution in [0.3, 0.4) is 0 Å². The van der Waals surface area contributed by atoms with Crippen LogP contribution < -0.4 is 10.9 Å². The van der Waals surface area contributed by atoms with E-state index in [0.717, 1.165) is 44.9 Å². The highest BCUT2D eigenvalue weighted by Crippen LogP contribution is 2.44. The summed E-state index contributed by atoms with van der Waals surface area (Å²) in [6.45, 7) is 8.33. The van der Waals surface area contributed by atoms with Gasteiger partial charge in [0.15, 0.2) is 5.16 Å². The maximum Gasteiger partial charge on any atom is 0.267 e. The van der Waals surface area contributed by atoms with Gasteiger partial charge in [0.1, 0.15) is 4.83 Å². The lowest BCUT2D eigenvalue weighted by molar-refractivity contribution is -0.115. The summed E-state index contributed by atoms with van der Waals surface area (Å²) in [4.78, 5) is 33.9. The number of anilines is 1. The van der Waals surface area contributed by atoms with Crippen molar-refractivity contribution in [3.05, 3.63) is 81.0 Å². The SMILES string of the molecule is Cc1ccc(-n2c(SC(C)C(=O)Nc3ccccc3)nc3sc4c(c3c2=O)CC(C)(C)SC4)cc1. The van der Waals surface area contributed by atoms with Crippen LogP contribution in [0.25, 0.3) is 15.9 Å². The van der Waals surface area contributed by atoms with Gasteiger partial charge >= 0.3 is 0 Å². The minimum atomic E-state index is -0.444. The Morgan fingerprint density at radius 3 is 2.57 bits per heavy atom. The van der Waals surface area contributed by atoms with E-state index < -0.39 is 5.25 Å². The number of para-hydroxylation sites is 1. The fourth-order valence-corrected chi connectivity index (χ4v) is 7.46. The molecule has 0 bridgehead atoms. The van der Waals surface area contributed by atoms with Gasteiger partial charge in [0, 0.05) is 21.1 Å². The molecule has 0 fully saturated rings. The Kier molecular flexibility index (Phi) is 6.55. The molecule has 0 radical (unpaired) electrons. The molecule has 35 heavy (non-hydrogen) atoms. The molecule has 1 N–H and O–H groups in total. The standard InChI is InChI=1S/C27H27N3O2S3/c1-16-10-12-19(13-11-16)30-25(32)22-20-14-27(3,4)33-15-21(20)35-24(22)29-26(30)34-17(2)23(31)28-18-8-6-5-7-9-18/h5-13,17H,14-15H2,1-4H3,(H,28,31). The number of nitrogens with one attached hydrogen (secondary N) is 1. The van der Waals surface area contributed by atoms with Crippen LogP contribution in [-0.4, -0.2) is 25.5 Å². The van der Waals surface area contributed by atoms with Gasteiger partial charge in [-0.05, 0) is 50.1 Å². The van der Waals surface area contributed by atoms with Crippen molar-refractivity contribution in [2.45, 2.75) is 55.0 Å². The summed E-state index contributed by atoms with van der Waals surface area (Å²) < 4.78 is 1.76. The van der Waals surface area contributed by atoms with E-state index in [1.54, 1.807) is 15.9 Å². The Morgan fingerprint density at radius 1 is 1.14 bits per heavy atom. The second kappa shape index (κ2) is 9.48. The summed E-state index contributed by atoms with van der Waals surface area (Å²) in [5.74, 6) is 0.765. The Morgan fingerprint density at radius 2 is 1.86 bits per heavy atom. The van der Waals surface area contributed by atoms with Crippen LogP contribution in [0.5, 0.6) is 0 Å². The number of thioether (sulfide) groups is 2. The molecular weight excluding hydrogens is 495 g/mol. The quantitative estimate of drug-likeness (QED) is 0.242. The number of carbonyl (C=O) groups excluding carboxylic acids is 1. The minimum absolute atomic E-state index is 0.0581. The first-order valence-electron chi connectivity index (χ1n) is 11.5. The molecule has 1 aliphatic rings. The van der Waals surface area contributed by atoms with E-state index in [1.807, 2.05) is 80.2 Å². The Bertz CT molecular complexity index is 1460. The maximum absolute atomic E-state index is 14.0. The molecule has 2 aromatic carbocycles. The number of thiophene rings is 1. The molecule has 5 nitrogen and oxygen atoms in total. The molecule has 1 amide bonds. The normalized spacial score (nSPS) is 15.5. The van der Waals surface area contributed by atoms with E-state index >= 15 is 0 Å². The number of fused-ring (bicyclic) bond motifs is 3. The minimum Gasteiger partial charge on any atom is -0.325 e. The molecule has 2 aromatic heterocycles. The lowest BCUT2D eigenvalue weighted by Gasteiger charge is -2.28. The molecule has 1 atom stereocenters. The van der Waals surface area contributed by atoms with Crippen molar-refractivity contribution in [3.8, 4) is 5.69 Å². The van der Waals surface area contributed by atoms with Crippen molar-refractivity contribution in [1.82, 2.24) is 9.55 Å². The second-order valence-electron chi connectivity index (χ2n) is 9.39. The molecule has 0 spiro atoms. The molecule has 0 saturated heterocycles. The lowest BCUT2D eigenvalue weighted by Crippen LogP contribution is -2.27. The zero-order valence-corrected chi connectivity index (χ0v) is 22.6. The average Bonchev–Trinajstić information content (AvgIpc) is 3.17. The van der Waals surface area contributed by atoms with E-state index in [-0.39, 0.29) is 16.2 Å². The molecule has 4 aromatic rings. The van der Waals surface area contributed by atoms with Gasteiger partial charge in [0.05, 0.1) is 16.3 Å². The predicted molar refractivity (Wildman–Crippen MR) is 149 cm³/mol. The van der Waals surface area contributed by atoms with Crippen LogP contribution in [0.4, 0.5) is 5.69 Å². The fraction of sp³-hybridized carbons (Fsp3) is 0.296. The Labute approximate surface area is 217 Å². The Balaban J connectivity index is 1.59. The van der Waals surface area contributed by atoms with Crippen LogP contribution in [0.15, 0.2) is 64.5 Å². The number of carbonyl (C=O) groups is 1. The van der Waals surface area contributed by atoms with E-state index in [4.69, 9.17) is 4.98 Å². The molecule has 8 heteroatoms. The number of benzene rings is 2. The second-order valence-corrected chi connectivity index (χ2v) is 13.5. The summed E-state index contributed by atoms with van der Waals surface area (Å²) in [5, 5.41) is 3.77. The van der Waals surface area contributed by atoms with Gasteiger partial charge in [-0.2, -0.15) is 0 Å². The largest absolute Gasteiger partial charge is 0.325 e. The van der Waals surface area contributed by atoms with Crippen LogP contribution in [0.2, 0.25) is 0 Å². The molecule has 1 unspecified atom stereocenters. The van der Waals surface area contributed by atoms with Crippen LogP contribution in [0.1, 0.15) is 36.8 Å². The third-order valence-corrected chi connectivity index (χ3v) is 9.78. The highest BCUT2D eigenvalue weighted by atomic mass is 32.2. The number of hydrogen-bond donors (Lipinski definition) is 1. The number of aromatic nitrogens is 2. The van der Waals surface area contributed by atoms with Crippen molar-refractivity contribution < 1.29 is 4.79 Å². The number of aryl methyl sites for hydroxylation is 1. The van der Waals surface area contributed by atoms with Gasteiger partial charge in [-0.15, -0.1) is 23.1 Å². The van der Waals surface area contributed by atoms with Crippen LogP contribution in [-0.2, 0) is 17.0 Å². The predicted octanol–water partition coefficient (Wildman–Crippen LogP) is 6.44. The first-order chi connectivity index (χ1) is 16.7. The number of nitrogens with zero attached hydrogens (tertiary/aromatic N) is 2. The zero-order chi connectivity index (χ0) is 24.7. The van der Waals surface area contributed by atoms with Crippen molar-refractivity contribution in [1.29, 1.82) is 0 Å². The molecular formula is C27H27N3O2S3. The molecule has 180 valence electrons.